The number of aromatic nitrogens is 3. The first kappa shape index (κ1) is 15.5. The molecule has 1 atom stereocenters. The van der Waals surface area contributed by atoms with Gasteiger partial charge in [-0.25, -0.2) is 9.97 Å². The van der Waals surface area contributed by atoms with Gasteiger partial charge in [0.15, 0.2) is 0 Å². The fourth-order valence-electron chi connectivity index (χ4n) is 2.92. The minimum absolute atomic E-state index is 0.0344. The Bertz CT molecular complexity index is 711. The molecular weight excluding hydrogens is 294 g/mol. The molecule has 2 aromatic rings. The van der Waals surface area contributed by atoms with Crippen LogP contribution in [0.3, 0.4) is 0 Å². The molecule has 7 heteroatoms. The molecule has 0 radical (unpaired) electrons. The number of H-pyrrole nitrogens is 1. The van der Waals surface area contributed by atoms with Crippen LogP contribution in [0, 0.1) is 0 Å². The van der Waals surface area contributed by atoms with Gasteiger partial charge in [-0.2, -0.15) is 0 Å². The summed E-state index contributed by atoms with van der Waals surface area (Å²) in [4.78, 5) is 25.8. The van der Waals surface area contributed by atoms with Crippen molar-refractivity contribution in [2.24, 2.45) is 0 Å². The number of hydrogen-bond donors (Lipinski definition) is 2. The standard InChI is InChI=1S/C16H21N5O2/c1-11(9-23-2)16(22)21-7-3-4-12(8-21)20-15-13-5-6-17-14(13)18-10-19-15/h5-6,10,12H,1,3-4,7-9H2,2H3,(H2,17,18,19,20). The molecule has 1 amide bonds. The predicted molar refractivity (Wildman–Crippen MR) is 88.1 cm³/mol. The van der Waals surface area contributed by atoms with Gasteiger partial charge in [-0.15, -0.1) is 0 Å². The lowest BCUT2D eigenvalue weighted by atomic mass is 10.0. The monoisotopic (exact) mass is 315 g/mol. The van der Waals surface area contributed by atoms with Gasteiger partial charge in [0.25, 0.3) is 5.91 Å². The quantitative estimate of drug-likeness (QED) is 0.818. The topological polar surface area (TPSA) is 83.1 Å². The first-order chi connectivity index (χ1) is 11.2. The second-order valence-corrected chi connectivity index (χ2v) is 5.73. The molecular formula is C16H21N5O2. The van der Waals surface area contributed by atoms with Gasteiger partial charge >= 0.3 is 0 Å². The number of nitrogens with one attached hydrogen (secondary N) is 2. The summed E-state index contributed by atoms with van der Waals surface area (Å²) in [6.45, 7) is 5.46. The second-order valence-electron chi connectivity index (χ2n) is 5.73. The Kier molecular flexibility index (Phi) is 4.57. The number of carbonyl (C=O) groups is 1. The van der Waals surface area contributed by atoms with E-state index >= 15 is 0 Å². The lowest BCUT2D eigenvalue weighted by molar-refractivity contribution is -0.128. The summed E-state index contributed by atoms with van der Waals surface area (Å²) in [6, 6.07) is 2.11. The minimum Gasteiger partial charge on any atom is -0.380 e. The van der Waals surface area contributed by atoms with Crippen molar-refractivity contribution in [3.05, 3.63) is 30.7 Å². The third kappa shape index (κ3) is 3.34. The van der Waals surface area contributed by atoms with Crippen LogP contribution in [0.4, 0.5) is 5.82 Å². The highest BCUT2D eigenvalue weighted by Crippen LogP contribution is 2.21. The third-order valence-electron chi connectivity index (χ3n) is 4.02. The molecule has 3 rings (SSSR count). The molecule has 1 fully saturated rings. The Morgan fingerprint density at radius 2 is 2.43 bits per heavy atom. The van der Waals surface area contributed by atoms with Crippen molar-refractivity contribution < 1.29 is 9.53 Å². The number of piperidine rings is 1. The maximum absolute atomic E-state index is 12.3. The Balaban J connectivity index is 1.68. The number of rotatable bonds is 5. The van der Waals surface area contributed by atoms with E-state index in [4.69, 9.17) is 4.74 Å². The van der Waals surface area contributed by atoms with E-state index in [0.29, 0.717) is 12.1 Å². The highest BCUT2D eigenvalue weighted by atomic mass is 16.5. The summed E-state index contributed by atoms with van der Waals surface area (Å²) in [7, 11) is 1.57. The number of anilines is 1. The van der Waals surface area contributed by atoms with Gasteiger partial charge in [-0.1, -0.05) is 6.58 Å². The number of nitrogens with zero attached hydrogens (tertiary/aromatic N) is 3. The van der Waals surface area contributed by atoms with E-state index in [2.05, 4.69) is 26.8 Å². The second kappa shape index (κ2) is 6.78. The van der Waals surface area contributed by atoms with Crippen molar-refractivity contribution in [2.45, 2.75) is 18.9 Å². The van der Waals surface area contributed by atoms with E-state index in [1.165, 1.54) is 6.33 Å². The first-order valence-electron chi connectivity index (χ1n) is 7.69. The van der Waals surface area contributed by atoms with Crippen LogP contribution >= 0.6 is 0 Å². The van der Waals surface area contributed by atoms with E-state index in [9.17, 15) is 4.79 Å². The third-order valence-corrected chi connectivity index (χ3v) is 4.02. The summed E-state index contributed by atoms with van der Waals surface area (Å²) in [5.41, 5.74) is 1.29. The van der Waals surface area contributed by atoms with Crippen molar-refractivity contribution in [3.63, 3.8) is 0 Å². The van der Waals surface area contributed by atoms with E-state index in [1.54, 1.807) is 7.11 Å². The highest BCUT2D eigenvalue weighted by Gasteiger charge is 2.25. The van der Waals surface area contributed by atoms with Crippen LogP contribution in [0.2, 0.25) is 0 Å². The van der Waals surface area contributed by atoms with Crippen molar-refractivity contribution in [3.8, 4) is 0 Å². The summed E-state index contributed by atoms with van der Waals surface area (Å²) in [5.74, 6) is 0.763. The molecule has 122 valence electrons. The van der Waals surface area contributed by atoms with Gasteiger partial charge in [0.2, 0.25) is 0 Å². The van der Waals surface area contributed by atoms with Gasteiger partial charge in [0.05, 0.1) is 12.0 Å². The summed E-state index contributed by atoms with van der Waals surface area (Å²) in [5, 5.41) is 4.40. The molecule has 1 aliphatic heterocycles. The van der Waals surface area contributed by atoms with Crippen LogP contribution in [-0.4, -0.2) is 58.6 Å². The van der Waals surface area contributed by atoms with Crippen LogP contribution in [0.25, 0.3) is 11.0 Å². The Labute approximate surface area is 134 Å². The number of hydrogen-bond acceptors (Lipinski definition) is 5. The van der Waals surface area contributed by atoms with Gasteiger partial charge in [-0.05, 0) is 18.9 Å². The number of carbonyl (C=O) groups excluding carboxylic acids is 1. The minimum atomic E-state index is -0.0344. The van der Waals surface area contributed by atoms with Gasteiger partial charge in [-0.3, -0.25) is 4.79 Å². The molecule has 2 N–H and O–H groups in total. The number of fused-ring (bicyclic) bond motifs is 1. The van der Waals surface area contributed by atoms with Gasteiger partial charge < -0.3 is 19.9 Å². The van der Waals surface area contributed by atoms with Crippen molar-refractivity contribution in [1.82, 2.24) is 19.9 Å². The SMILES string of the molecule is C=C(COC)C(=O)N1CCCC(Nc2ncnc3[nH]ccc23)C1. The van der Waals surface area contributed by atoms with E-state index in [-0.39, 0.29) is 18.6 Å². The number of ether oxygens (including phenoxy) is 1. The predicted octanol–water partition coefficient (Wildman–Crippen LogP) is 1.56. The normalized spacial score (nSPS) is 18.1. The average molecular weight is 315 g/mol. The van der Waals surface area contributed by atoms with Crippen LogP contribution < -0.4 is 5.32 Å². The Hall–Kier alpha value is -2.41. The fourth-order valence-corrected chi connectivity index (χ4v) is 2.92. The van der Waals surface area contributed by atoms with Crippen LogP contribution in [0.1, 0.15) is 12.8 Å². The molecule has 1 aliphatic rings. The van der Waals surface area contributed by atoms with Crippen LogP contribution in [0.15, 0.2) is 30.7 Å². The molecule has 0 bridgehead atoms. The first-order valence-corrected chi connectivity index (χ1v) is 7.69. The van der Waals surface area contributed by atoms with Gasteiger partial charge in [0.1, 0.15) is 17.8 Å². The summed E-state index contributed by atoms with van der Waals surface area (Å²) in [6.07, 6.45) is 5.32. The molecule has 7 nitrogen and oxygen atoms in total. The number of aromatic amines is 1. The zero-order chi connectivity index (χ0) is 16.2. The number of likely N-dealkylation sites (tertiary alicyclic amines) is 1. The molecule has 0 saturated carbocycles. The largest absolute Gasteiger partial charge is 0.380 e. The van der Waals surface area contributed by atoms with Crippen molar-refractivity contribution >= 4 is 22.8 Å². The molecule has 23 heavy (non-hydrogen) atoms. The molecule has 2 aromatic heterocycles. The van der Waals surface area contributed by atoms with Gasteiger partial charge in [0, 0.05) is 38.0 Å². The Morgan fingerprint density at radius 1 is 1.57 bits per heavy atom. The average Bonchev–Trinajstić information content (AvgIpc) is 3.04. The molecule has 1 saturated heterocycles. The maximum atomic E-state index is 12.3. The molecule has 1 unspecified atom stereocenters. The van der Waals surface area contributed by atoms with Crippen molar-refractivity contribution in [2.75, 3.05) is 32.1 Å². The number of amides is 1. The smallest absolute Gasteiger partial charge is 0.251 e. The molecule has 0 spiro atoms. The summed E-state index contributed by atoms with van der Waals surface area (Å²) < 4.78 is 4.99. The van der Waals surface area contributed by atoms with E-state index < -0.39 is 0 Å². The van der Waals surface area contributed by atoms with E-state index in [0.717, 1.165) is 36.2 Å². The zero-order valence-corrected chi connectivity index (χ0v) is 13.2. The van der Waals surface area contributed by atoms with E-state index in [1.807, 2.05) is 17.2 Å². The lowest BCUT2D eigenvalue weighted by Crippen LogP contribution is -2.46. The molecule has 3 heterocycles. The number of methoxy groups -OCH3 is 1. The lowest BCUT2D eigenvalue weighted by Gasteiger charge is -2.33. The van der Waals surface area contributed by atoms with Crippen LogP contribution in [-0.2, 0) is 9.53 Å². The Morgan fingerprint density at radius 3 is 3.26 bits per heavy atom. The highest BCUT2D eigenvalue weighted by molar-refractivity contribution is 5.93. The molecule has 0 aliphatic carbocycles. The molecule has 0 aromatic carbocycles. The van der Waals surface area contributed by atoms with Crippen molar-refractivity contribution in [1.29, 1.82) is 0 Å². The maximum Gasteiger partial charge on any atom is 0.251 e. The van der Waals surface area contributed by atoms with Crippen LogP contribution in [0.5, 0.6) is 0 Å². The zero-order valence-electron chi connectivity index (χ0n) is 13.2. The fraction of sp³-hybridized carbons (Fsp3) is 0.438. The summed E-state index contributed by atoms with van der Waals surface area (Å²) >= 11 is 0.